The topological polar surface area (TPSA) is 57.7 Å². The zero-order chi connectivity index (χ0) is 27.4. The molecule has 206 valence electrons. The molecule has 4 atom stereocenters. The van der Waals surface area contributed by atoms with Crippen molar-refractivity contribution in [3.63, 3.8) is 0 Å². The van der Waals surface area contributed by atoms with Crippen molar-refractivity contribution in [1.82, 2.24) is 4.98 Å². The van der Waals surface area contributed by atoms with Gasteiger partial charge in [-0.2, -0.15) is 0 Å². The van der Waals surface area contributed by atoms with E-state index in [0.29, 0.717) is 24.5 Å². The number of rotatable bonds is 10. The number of hydrogen-bond donors (Lipinski definition) is 0. The van der Waals surface area contributed by atoms with Crippen LogP contribution in [0.25, 0.3) is 11.3 Å². The molecule has 1 heterocycles. The molecule has 0 radical (unpaired) electrons. The Balaban J connectivity index is 2.04. The average molecular weight is 566 g/mol. The lowest BCUT2D eigenvalue weighted by atomic mass is 9.77. The van der Waals surface area contributed by atoms with Gasteiger partial charge in [0.2, 0.25) is 0 Å². The fourth-order valence-corrected chi connectivity index (χ4v) is 7.11. The fraction of sp³-hybridized carbons (Fsp3) is 0.655. The van der Waals surface area contributed by atoms with Crippen LogP contribution in [0.4, 0.5) is 0 Å². The minimum Gasteiger partial charge on any atom is -0.466 e. The molecule has 0 N–H and O–H groups in total. The van der Waals surface area contributed by atoms with Crippen molar-refractivity contribution in [2.24, 2.45) is 5.92 Å². The van der Waals surface area contributed by atoms with Crippen LogP contribution in [0, 0.1) is 5.92 Å². The number of aromatic nitrogens is 1. The van der Waals surface area contributed by atoms with E-state index >= 15 is 0 Å². The molecule has 1 aliphatic rings. The lowest BCUT2D eigenvalue weighted by molar-refractivity contribution is -0.158. The van der Waals surface area contributed by atoms with Crippen LogP contribution in [0.2, 0.25) is 23.2 Å². The molecular weight excluding hydrogens is 522 g/mol. The summed E-state index contributed by atoms with van der Waals surface area (Å²) in [6, 6.07) is 7.75. The highest BCUT2D eigenvalue weighted by atomic mass is 35.5. The normalized spacial score (nSPS) is 22.9. The molecule has 37 heavy (non-hydrogen) atoms. The Hall–Kier alpha value is -1.25. The molecule has 1 fully saturated rings. The van der Waals surface area contributed by atoms with Crippen LogP contribution >= 0.6 is 22.9 Å². The second-order valence-electron chi connectivity index (χ2n) is 11.6. The first-order valence-corrected chi connectivity index (χ1v) is 17.8. The number of hydrogen-bond acceptors (Lipinski definition) is 6. The lowest BCUT2D eigenvalue weighted by Gasteiger charge is -2.47. The van der Waals surface area contributed by atoms with Gasteiger partial charge >= 0.3 is 5.97 Å². The van der Waals surface area contributed by atoms with Gasteiger partial charge in [-0.25, -0.2) is 4.98 Å². The highest BCUT2D eigenvalue weighted by Gasteiger charge is 2.49. The minimum atomic E-state index is -2.14. The maximum absolute atomic E-state index is 13.0. The summed E-state index contributed by atoms with van der Waals surface area (Å²) in [5.74, 6) is -0.444. The zero-order valence-corrected chi connectivity index (χ0v) is 26.2. The summed E-state index contributed by atoms with van der Waals surface area (Å²) in [7, 11) is -2.14. The van der Waals surface area contributed by atoms with Gasteiger partial charge < -0.3 is 13.9 Å². The fourth-order valence-electron chi connectivity index (χ4n) is 4.65. The molecule has 0 unspecified atom stereocenters. The van der Waals surface area contributed by atoms with Crippen molar-refractivity contribution in [1.29, 1.82) is 0 Å². The predicted octanol–water partition coefficient (Wildman–Crippen LogP) is 8.48. The van der Waals surface area contributed by atoms with E-state index in [1.807, 2.05) is 31.2 Å². The molecule has 1 saturated carbocycles. The van der Waals surface area contributed by atoms with E-state index in [4.69, 9.17) is 30.5 Å². The van der Waals surface area contributed by atoms with Gasteiger partial charge in [0, 0.05) is 21.9 Å². The van der Waals surface area contributed by atoms with E-state index in [0.717, 1.165) is 29.1 Å². The van der Waals surface area contributed by atoms with Crippen LogP contribution < -0.4 is 0 Å². The van der Waals surface area contributed by atoms with Crippen LogP contribution in [-0.4, -0.2) is 44.2 Å². The number of carbonyl (C=O) groups is 1. The Bertz CT molecular complexity index is 1020. The van der Waals surface area contributed by atoms with Gasteiger partial charge in [-0.3, -0.25) is 4.79 Å². The van der Waals surface area contributed by atoms with Crippen LogP contribution in [0.3, 0.4) is 0 Å². The van der Waals surface area contributed by atoms with Gasteiger partial charge in [0.25, 0.3) is 0 Å². The number of thiazole rings is 1. The summed E-state index contributed by atoms with van der Waals surface area (Å²) in [5, 5.41) is 3.83. The van der Waals surface area contributed by atoms with Crippen LogP contribution in [0.1, 0.15) is 78.2 Å². The van der Waals surface area contributed by atoms with Crippen molar-refractivity contribution < 1.29 is 18.7 Å². The van der Waals surface area contributed by atoms with Gasteiger partial charge in [0.15, 0.2) is 8.32 Å². The molecule has 1 aliphatic carbocycles. The van der Waals surface area contributed by atoms with Crippen molar-refractivity contribution in [2.75, 3.05) is 6.61 Å². The third-order valence-electron chi connectivity index (χ3n) is 7.93. The van der Waals surface area contributed by atoms with E-state index in [1.54, 1.807) is 11.3 Å². The van der Waals surface area contributed by atoms with Crippen molar-refractivity contribution >= 4 is 37.2 Å². The molecule has 1 aromatic heterocycles. The number of nitrogens with zero attached hydrogens (tertiary/aromatic N) is 1. The largest absolute Gasteiger partial charge is 0.466 e. The van der Waals surface area contributed by atoms with Crippen molar-refractivity contribution in [3.8, 4) is 11.3 Å². The van der Waals surface area contributed by atoms with Gasteiger partial charge in [0.05, 0.1) is 41.5 Å². The Morgan fingerprint density at radius 2 is 1.78 bits per heavy atom. The maximum Gasteiger partial charge on any atom is 0.309 e. The van der Waals surface area contributed by atoms with Crippen LogP contribution in [-0.2, 0) is 18.7 Å². The number of ether oxygens (including phenoxy) is 2. The first-order valence-electron chi connectivity index (χ1n) is 13.6. The molecule has 0 spiro atoms. The number of esters is 1. The SMILES string of the molecule is CCOC(=O)[C@H]1C[C@@H](OC(CC)CC)[C@@H](O[Si](C)(C)C(C)(C)C)[C@H](c2nc(-c3ccc(Cl)cc3)cs2)C1. The molecule has 0 aliphatic heterocycles. The van der Waals surface area contributed by atoms with E-state index in [9.17, 15) is 4.79 Å². The Labute approximate surface area is 233 Å². The summed E-state index contributed by atoms with van der Waals surface area (Å²) in [5.41, 5.74) is 1.94. The second-order valence-corrected chi connectivity index (χ2v) is 17.6. The van der Waals surface area contributed by atoms with Crippen LogP contribution in [0.15, 0.2) is 29.6 Å². The summed E-state index contributed by atoms with van der Waals surface area (Å²) in [6.07, 6.45) is 2.86. The summed E-state index contributed by atoms with van der Waals surface area (Å²) >= 11 is 7.74. The summed E-state index contributed by atoms with van der Waals surface area (Å²) in [6.45, 7) is 17.9. The third-order valence-corrected chi connectivity index (χ3v) is 13.6. The molecule has 0 amide bonds. The molecule has 0 saturated heterocycles. The van der Waals surface area contributed by atoms with Gasteiger partial charge in [-0.15, -0.1) is 11.3 Å². The van der Waals surface area contributed by atoms with E-state index in [1.165, 1.54) is 0 Å². The second kappa shape index (κ2) is 12.7. The van der Waals surface area contributed by atoms with E-state index in [2.05, 4.69) is 53.1 Å². The van der Waals surface area contributed by atoms with Gasteiger partial charge in [-0.1, -0.05) is 58.4 Å². The monoisotopic (exact) mass is 565 g/mol. The maximum atomic E-state index is 13.0. The Morgan fingerprint density at radius 3 is 2.35 bits per heavy atom. The van der Waals surface area contributed by atoms with Gasteiger partial charge in [0.1, 0.15) is 0 Å². The standard InChI is InChI=1S/C29H44ClNO4SSi/c1-9-22(10-2)34-25-17-20(28(32)33-11-3)16-23(26(25)35-37(7,8)29(4,5)6)27-31-24(18-36-27)19-12-14-21(30)15-13-19/h12-15,18,20,22-23,25-26H,9-11,16-17H2,1-8H3/t20-,23-,25-,26+/m1/s1. The zero-order valence-electron chi connectivity index (χ0n) is 23.7. The molecular formula is C29H44ClNO4SSi. The summed E-state index contributed by atoms with van der Waals surface area (Å²) < 4.78 is 19.4. The minimum absolute atomic E-state index is 0.0480. The lowest BCUT2D eigenvalue weighted by Crippen LogP contribution is -2.53. The Kier molecular flexibility index (Phi) is 10.4. The predicted molar refractivity (Wildman–Crippen MR) is 156 cm³/mol. The van der Waals surface area contributed by atoms with Crippen molar-refractivity contribution in [2.45, 2.75) is 110 Å². The third kappa shape index (κ3) is 7.44. The highest BCUT2D eigenvalue weighted by Crippen LogP contribution is 2.46. The first-order chi connectivity index (χ1) is 17.4. The molecule has 1 aromatic carbocycles. The van der Waals surface area contributed by atoms with Crippen molar-refractivity contribution in [3.05, 3.63) is 39.7 Å². The Morgan fingerprint density at radius 1 is 1.14 bits per heavy atom. The first kappa shape index (κ1) is 30.3. The molecule has 3 rings (SSSR count). The quantitative estimate of drug-likeness (QED) is 0.213. The highest BCUT2D eigenvalue weighted by molar-refractivity contribution is 7.10. The molecule has 2 aromatic rings. The molecule has 0 bridgehead atoms. The smallest absolute Gasteiger partial charge is 0.309 e. The molecule has 8 heteroatoms. The molecule has 5 nitrogen and oxygen atoms in total. The number of carbonyl (C=O) groups excluding carboxylic acids is 1. The average Bonchev–Trinajstić information content (AvgIpc) is 3.33. The summed E-state index contributed by atoms with van der Waals surface area (Å²) in [4.78, 5) is 18.1. The van der Waals surface area contributed by atoms with E-state index < -0.39 is 8.32 Å². The number of benzene rings is 1. The van der Waals surface area contributed by atoms with E-state index in [-0.39, 0.29) is 41.2 Å². The van der Waals surface area contributed by atoms with Crippen LogP contribution in [0.5, 0.6) is 0 Å². The van der Waals surface area contributed by atoms with Gasteiger partial charge in [-0.05, 0) is 62.9 Å². The number of halogens is 1.